The quantitative estimate of drug-likeness (QED) is 0.469. The second-order valence-corrected chi connectivity index (χ2v) is 11.8. The van der Waals surface area contributed by atoms with E-state index in [0.717, 1.165) is 48.8 Å². The molecule has 2 aliphatic rings. The van der Waals surface area contributed by atoms with Gasteiger partial charge in [-0.25, -0.2) is 12.7 Å². The lowest BCUT2D eigenvalue weighted by Gasteiger charge is -2.37. The molecular weight excluding hydrogens is 483 g/mol. The molecule has 1 aliphatic heterocycles. The third kappa shape index (κ3) is 5.77. The lowest BCUT2D eigenvalue weighted by molar-refractivity contribution is 0.0575. The summed E-state index contributed by atoms with van der Waals surface area (Å²) in [6, 6.07) is 10.5. The molecule has 0 aromatic heterocycles. The van der Waals surface area contributed by atoms with Crippen LogP contribution in [-0.4, -0.2) is 57.5 Å². The highest BCUT2D eigenvalue weighted by Crippen LogP contribution is 2.35. The Morgan fingerprint density at radius 3 is 2.48 bits per heavy atom. The maximum absolute atomic E-state index is 13.0. The molecule has 0 bridgehead atoms. The Morgan fingerprint density at radius 1 is 1.09 bits per heavy atom. The molecule has 0 spiro atoms. The molecule has 1 heterocycles. The number of halogens is 2. The van der Waals surface area contributed by atoms with Gasteiger partial charge in [0.25, 0.3) is 0 Å². The smallest absolute Gasteiger partial charge is 0.246 e. The minimum absolute atomic E-state index is 0.0623. The molecule has 6 nitrogen and oxygen atoms in total. The van der Waals surface area contributed by atoms with Crippen molar-refractivity contribution < 1.29 is 17.9 Å². The molecule has 2 fully saturated rings. The Hall–Kier alpha value is -1.51. The van der Waals surface area contributed by atoms with E-state index in [1.54, 1.807) is 19.2 Å². The van der Waals surface area contributed by atoms with E-state index in [4.69, 9.17) is 32.7 Å². The number of benzene rings is 2. The fraction of sp³-hybridized carbons (Fsp3) is 0.500. The summed E-state index contributed by atoms with van der Waals surface area (Å²) in [6.45, 7) is 3.55. The summed E-state index contributed by atoms with van der Waals surface area (Å²) in [5, 5.41) is 1.08. The number of hydrogen-bond acceptors (Lipinski definition) is 5. The van der Waals surface area contributed by atoms with Gasteiger partial charge in [0.15, 0.2) is 0 Å². The van der Waals surface area contributed by atoms with Crippen LogP contribution >= 0.6 is 23.2 Å². The van der Waals surface area contributed by atoms with Crippen molar-refractivity contribution in [1.82, 2.24) is 9.21 Å². The van der Waals surface area contributed by atoms with Gasteiger partial charge in [-0.3, -0.25) is 4.90 Å². The summed E-state index contributed by atoms with van der Waals surface area (Å²) in [6.07, 6.45) is 4.15. The molecule has 0 atom stereocenters. The van der Waals surface area contributed by atoms with Gasteiger partial charge in [-0.2, -0.15) is 0 Å². The maximum atomic E-state index is 13.0. The Morgan fingerprint density at radius 2 is 1.82 bits per heavy atom. The number of rotatable bonds is 9. The highest BCUT2D eigenvalue weighted by molar-refractivity contribution is 7.89. The molecule has 4 rings (SSSR count). The molecule has 2 aromatic rings. The van der Waals surface area contributed by atoms with E-state index in [1.807, 2.05) is 18.2 Å². The average molecular weight is 513 g/mol. The van der Waals surface area contributed by atoms with Gasteiger partial charge in [-0.1, -0.05) is 29.3 Å². The van der Waals surface area contributed by atoms with E-state index in [0.29, 0.717) is 11.6 Å². The normalized spacial score (nSPS) is 21.2. The number of sulfonamides is 1. The van der Waals surface area contributed by atoms with Gasteiger partial charge in [-0.15, -0.1) is 0 Å². The first-order valence-electron chi connectivity index (χ1n) is 11.2. The van der Waals surface area contributed by atoms with E-state index in [2.05, 4.69) is 4.90 Å². The number of methoxy groups -OCH3 is 1. The Bertz CT molecular complexity index is 1080. The van der Waals surface area contributed by atoms with Crippen molar-refractivity contribution in [1.29, 1.82) is 0 Å². The molecule has 1 saturated heterocycles. The van der Waals surface area contributed by atoms with Crippen molar-refractivity contribution in [3.63, 3.8) is 0 Å². The molecular formula is C24H30Cl2N2O4S. The van der Waals surface area contributed by atoms with Crippen molar-refractivity contribution >= 4 is 33.2 Å². The van der Waals surface area contributed by atoms with Crippen LogP contribution in [0.2, 0.25) is 10.0 Å². The zero-order valence-electron chi connectivity index (χ0n) is 19.0. The molecule has 2 aromatic carbocycles. The lowest BCUT2D eigenvalue weighted by atomic mass is 9.82. The summed E-state index contributed by atoms with van der Waals surface area (Å²) in [7, 11) is -0.679. The topological polar surface area (TPSA) is 59.1 Å². The molecule has 0 radical (unpaired) electrons. The number of nitrogens with zero attached hydrogens (tertiary/aromatic N) is 2. The third-order valence-corrected chi connectivity index (χ3v) is 8.87. The highest BCUT2D eigenvalue weighted by atomic mass is 35.5. The summed E-state index contributed by atoms with van der Waals surface area (Å²) in [5.41, 5.74) is 1.13. The van der Waals surface area contributed by atoms with Gasteiger partial charge in [-0.05, 0) is 80.6 Å². The van der Waals surface area contributed by atoms with Crippen molar-refractivity contribution in [2.75, 3.05) is 33.8 Å². The Labute approximate surface area is 206 Å². The summed E-state index contributed by atoms with van der Waals surface area (Å²) < 4.78 is 38.8. The van der Waals surface area contributed by atoms with Crippen LogP contribution in [0.5, 0.6) is 11.5 Å². The van der Waals surface area contributed by atoms with Gasteiger partial charge in [0.05, 0.1) is 13.2 Å². The molecule has 1 aliphatic carbocycles. The van der Waals surface area contributed by atoms with Crippen LogP contribution in [0.3, 0.4) is 0 Å². The van der Waals surface area contributed by atoms with Crippen molar-refractivity contribution in [2.24, 2.45) is 5.92 Å². The maximum Gasteiger partial charge on any atom is 0.246 e. The molecule has 180 valence electrons. The predicted molar refractivity (Wildman–Crippen MR) is 131 cm³/mol. The van der Waals surface area contributed by atoms with Gasteiger partial charge < -0.3 is 9.47 Å². The van der Waals surface area contributed by atoms with Crippen molar-refractivity contribution in [3.8, 4) is 11.5 Å². The van der Waals surface area contributed by atoms with Crippen LogP contribution in [0.25, 0.3) is 0 Å². The first kappa shape index (κ1) is 24.6. The second kappa shape index (κ2) is 10.4. The van der Waals surface area contributed by atoms with Gasteiger partial charge in [0.2, 0.25) is 10.0 Å². The Balaban J connectivity index is 1.30. The summed E-state index contributed by atoms with van der Waals surface area (Å²) >= 11 is 12.5. The van der Waals surface area contributed by atoms with Crippen molar-refractivity contribution in [2.45, 2.75) is 43.2 Å². The van der Waals surface area contributed by atoms with Crippen LogP contribution < -0.4 is 9.47 Å². The third-order valence-electron chi connectivity index (χ3n) is 6.44. The number of ether oxygens (including phenoxy) is 2. The first-order valence-corrected chi connectivity index (χ1v) is 13.4. The van der Waals surface area contributed by atoms with Gasteiger partial charge in [0, 0.05) is 30.2 Å². The molecule has 0 N–H and O–H groups in total. The number of hydrogen-bond donors (Lipinski definition) is 0. The van der Waals surface area contributed by atoms with Crippen LogP contribution in [0.1, 0.15) is 31.2 Å². The van der Waals surface area contributed by atoms with Crippen LogP contribution in [0.4, 0.5) is 0 Å². The van der Waals surface area contributed by atoms with Gasteiger partial charge >= 0.3 is 0 Å². The molecule has 0 amide bonds. The zero-order chi connectivity index (χ0) is 23.6. The fourth-order valence-electron chi connectivity index (χ4n) is 4.51. The zero-order valence-corrected chi connectivity index (χ0v) is 21.3. The van der Waals surface area contributed by atoms with E-state index in [1.165, 1.54) is 30.3 Å². The molecule has 1 saturated carbocycles. The Kier molecular flexibility index (Phi) is 7.76. The lowest BCUT2D eigenvalue weighted by Crippen LogP contribution is -2.41. The first-order chi connectivity index (χ1) is 15.8. The van der Waals surface area contributed by atoms with Gasteiger partial charge in [0.1, 0.15) is 16.4 Å². The number of likely N-dealkylation sites (tertiary alicyclic amines) is 1. The summed E-state index contributed by atoms with van der Waals surface area (Å²) in [4.78, 5) is 2.50. The SMILES string of the molecule is COc1ccc(Cl)cc1S(=O)(=O)N(C)CC1CC(Oc2ccc(CN3CCCC3)c(Cl)c2)C1. The van der Waals surface area contributed by atoms with E-state index >= 15 is 0 Å². The van der Waals surface area contributed by atoms with Crippen LogP contribution in [0, 0.1) is 5.92 Å². The molecule has 9 heteroatoms. The minimum atomic E-state index is -3.71. The summed E-state index contributed by atoms with van der Waals surface area (Å²) in [5.74, 6) is 1.27. The van der Waals surface area contributed by atoms with E-state index in [-0.39, 0.29) is 22.7 Å². The largest absolute Gasteiger partial charge is 0.495 e. The standard InChI is InChI=1S/C24H30Cl2N2O4S/c1-27(33(29,30)24-13-19(25)6-8-23(24)31-2)15-17-11-21(12-17)32-20-7-5-18(22(26)14-20)16-28-9-3-4-10-28/h5-8,13-14,17,21H,3-4,9-12,15-16H2,1-2H3. The van der Waals surface area contributed by atoms with Crippen molar-refractivity contribution in [3.05, 3.63) is 52.0 Å². The highest BCUT2D eigenvalue weighted by Gasteiger charge is 2.35. The van der Waals surface area contributed by atoms with E-state index < -0.39 is 10.0 Å². The van der Waals surface area contributed by atoms with E-state index in [9.17, 15) is 8.42 Å². The predicted octanol–water partition coefficient (Wildman–Crippen LogP) is 5.08. The average Bonchev–Trinajstić information content (AvgIpc) is 3.27. The minimum Gasteiger partial charge on any atom is -0.495 e. The van der Waals surface area contributed by atoms with Crippen LogP contribution in [-0.2, 0) is 16.6 Å². The molecule has 33 heavy (non-hydrogen) atoms. The fourth-order valence-corrected chi connectivity index (χ4v) is 6.40. The van der Waals surface area contributed by atoms with Crippen LogP contribution in [0.15, 0.2) is 41.3 Å². The molecule has 0 unspecified atom stereocenters. The second-order valence-electron chi connectivity index (χ2n) is 8.89. The monoisotopic (exact) mass is 512 g/mol.